The summed E-state index contributed by atoms with van der Waals surface area (Å²) in [5.74, 6) is -0.244. The fourth-order valence-electron chi connectivity index (χ4n) is 2.73. The fourth-order valence-corrected chi connectivity index (χ4v) is 2.73. The zero-order valence-corrected chi connectivity index (χ0v) is 12.8. The lowest BCUT2D eigenvalue weighted by Crippen LogP contribution is -2.12. The SMILES string of the molecule is O=C(Nc1cccc2ccccc12)c1conc1-c1ccccc1. The van der Waals surface area contributed by atoms with Gasteiger partial charge in [-0.25, -0.2) is 0 Å². The third kappa shape index (κ3) is 2.54. The van der Waals surface area contributed by atoms with Crippen LogP contribution in [-0.4, -0.2) is 11.1 Å². The van der Waals surface area contributed by atoms with Crippen molar-refractivity contribution in [2.45, 2.75) is 0 Å². The molecule has 4 aromatic rings. The molecule has 1 amide bonds. The first-order valence-electron chi connectivity index (χ1n) is 7.62. The van der Waals surface area contributed by atoms with Crippen molar-refractivity contribution in [3.05, 3.63) is 84.6 Å². The first-order chi connectivity index (χ1) is 11.8. The summed E-state index contributed by atoms with van der Waals surface area (Å²) >= 11 is 0. The van der Waals surface area contributed by atoms with Crippen LogP contribution in [0.4, 0.5) is 5.69 Å². The highest BCUT2D eigenvalue weighted by molar-refractivity contribution is 6.11. The molecular formula is C20H14N2O2. The van der Waals surface area contributed by atoms with Gasteiger partial charge in [0.2, 0.25) is 0 Å². The van der Waals surface area contributed by atoms with Crippen LogP contribution in [0.2, 0.25) is 0 Å². The van der Waals surface area contributed by atoms with E-state index in [0.717, 1.165) is 22.0 Å². The lowest BCUT2D eigenvalue weighted by atomic mass is 10.1. The molecular weight excluding hydrogens is 300 g/mol. The summed E-state index contributed by atoms with van der Waals surface area (Å²) in [6, 6.07) is 23.2. The highest BCUT2D eigenvalue weighted by atomic mass is 16.5. The van der Waals surface area contributed by atoms with Gasteiger partial charge in [-0.15, -0.1) is 0 Å². The number of benzene rings is 3. The number of hydrogen-bond donors (Lipinski definition) is 1. The van der Waals surface area contributed by atoms with E-state index in [9.17, 15) is 4.79 Å². The Bertz CT molecular complexity index is 1000. The number of fused-ring (bicyclic) bond motifs is 1. The van der Waals surface area contributed by atoms with Gasteiger partial charge < -0.3 is 9.84 Å². The number of nitrogens with one attached hydrogen (secondary N) is 1. The average molecular weight is 314 g/mol. The number of amides is 1. The molecule has 4 rings (SSSR count). The van der Waals surface area contributed by atoms with E-state index in [2.05, 4.69) is 10.5 Å². The summed E-state index contributed by atoms with van der Waals surface area (Å²) in [4.78, 5) is 12.7. The van der Waals surface area contributed by atoms with E-state index in [4.69, 9.17) is 4.52 Å². The van der Waals surface area contributed by atoms with E-state index in [1.165, 1.54) is 6.26 Å². The van der Waals surface area contributed by atoms with Crippen molar-refractivity contribution in [3.8, 4) is 11.3 Å². The predicted molar refractivity (Wildman–Crippen MR) is 93.8 cm³/mol. The zero-order valence-electron chi connectivity index (χ0n) is 12.8. The summed E-state index contributed by atoms with van der Waals surface area (Å²) in [7, 11) is 0. The van der Waals surface area contributed by atoms with Crippen LogP contribution in [0.15, 0.2) is 83.6 Å². The second kappa shape index (κ2) is 6.01. The predicted octanol–water partition coefficient (Wildman–Crippen LogP) is 4.75. The van der Waals surface area contributed by atoms with E-state index in [1.54, 1.807) is 0 Å². The van der Waals surface area contributed by atoms with E-state index in [0.29, 0.717) is 11.3 Å². The van der Waals surface area contributed by atoms with Gasteiger partial charge in [0, 0.05) is 16.6 Å². The van der Waals surface area contributed by atoms with Crippen molar-refractivity contribution < 1.29 is 9.32 Å². The summed E-state index contributed by atoms with van der Waals surface area (Å²) in [5.41, 5.74) is 2.55. The van der Waals surface area contributed by atoms with Crippen molar-refractivity contribution in [2.24, 2.45) is 0 Å². The molecule has 1 N–H and O–H groups in total. The number of hydrogen-bond acceptors (Lipinski definition) is 3. The molecule has 0 atom stereocenters. The van der Waals surface area contributed by atoms with Crippen LogP contribution < -0.4 is 5.32 Å². The summed E-state index contributed by atoms with van der Waals surface area (Å²) in [5, 5.41) is 9.00. The Kier molecular flexibility index (Phi) is 3.56. The van der Waals surface area contributed by atoms with Gasteiger partial charge in [-0.1, -0.05) is 71.9 Å². The van der Waals surface area contributed by atoms with Gasteiger partial charge in [-0.05, 0) is 11.5 Å². The molecule has 1 heterocycles. The highest BCUT2D eigenvalue weighted by Gasteiger charge is 2.18. The number of anilines is 1. The average Bonchev–Trinajstić information content (AvgIpc) is 3.13. The van der Waals surface area contributed by atoms with Gasteiger partial charge >= 0.3 is 0 Å². The molecule has 0 spiro atoms. The van der Waals surface area contributed by atoms with Crippen molar-refractivity contribution in [1.82, 2.24) is 5.16 Å². The lowest BCUT2D eigenvalue weighted by molar-refractivity contribution is 0.102. The fraction of sp³-hybridized carbons (Fsp3) is 0. The molecule has 0 aliphatic heterocycles. The molecule has 0 aliphatic rings. The molecule has 0 radical (unpaired) electrons. The minimum atomic E-state index is -0.244. The molecule has 4 nitrogen and oxygen atoms in total. The van der Waals surface area contributed by atoms with Crippen LogP contribution in [0.5, 0.6) is 0 Å². The molecule has 0 bridgehead atoms. The smallest absolute Gasteiger partial charge is 0.261 e. The Morgan fingerprint density at radius 3 is 2.50 bits per heavy atom. The van der Waals surface area contributed by atoms with Gasteiger partial charge in [0.15, 0.2) is 0 Å². The monoisotopic (exact) mass is 314 g/mol. The number of carbonyl (C=O) groups excluding carboxylic acids is 1. The molecule has 0 fully saturated rings. The maximum absolute atomic E-state index is 12.7. The van der Waals surface area contributed by atoms with E-state index >= 15 is 0 Å². The van der Waals surface area contributed by atoms with Gasteiger partial charge in [-0.2, -0.15) is 0 Å². The van der Waals surface area contributed by atoms with Crippen LogP contribution in [0, 0.1) is 0 Å². The summed E-state index contributed by atoms with van der Waals surface area (Å²) in [6.07, 6.45) is 1.38. The second-order valence-electron chi connectivity index (χ2n) is 5.42. The number of rotatable bonds is 3. The quantitative estimate of drug-likeness (QED) is 0.594. The van der Waals surface area contributed by atoms with Gasteiger partial charge in [-0.3, -0.25) is 4.79 Å². The van der Waals surface area contributed by atoms with Gasteiger partial charge in [0.05, 0.1) is 0 Å². The Labute approximate surface area is 138 Å². The summed E-state index contributed by atoms with van der Waals surface area (Å²) in [6.45, 7) is 0. The normalized spacial score (nSPS) is 10.7. The maximum atomic E-state index is 12.7. The van der Waals surface area contributed by atoms with Gasteiger partial charge in [0.25, 0.3) is 5.91 Å². The van der Waals surface area contributed by atoms with Crippen molar-refractivity contribution in [3.63, 3.8) is 0 Å². The minimum absolute atomic E-state index is 0.244. The first-order valence-corrected chi connectivity index (χ1v) is 7.62. The molecule has 0 aliphatic carbocycles. The van der Waals surface area contributed by atoms with Crippen LogP contribution in [0.1, 0.15) is 10.4 Å². The van der Waals surface area contributed by atoms with E-state index in [-0.39, 0.29) is 5.91 Å². The standard InChI is InChI=1S/C20H14N2O2/c23-20(17-13-24-22-19(17)15-8-2-1-3-9-15)21-18-12-6-10-14-7-4-5-11-16(14)18/h1-13H,(H,21,23). The van der Waals surface area contributed by atoms with Crippen LogP contribution >= 0.6 is 0 Å². The third-order valence-electron chi connectivity index (χ3n) is 3.90. The Balaban J connectivity index is 1.70. The van der Waals surface area contributed by atoms with Crippen molar-refractivity contribution in [2.75, 3.05) is 5.32 Å². The molecule has 3 aromatic carbocycles. The molecule has 0 saturated carbocycles. The lowest BCUT2D eigenvalue weighted by Gasteiger charge is -2.08. The minimum Gasteiger partial charge on any atom is -0.363 e. The van der Waals surface area contributed by atoms with E-state index < -0.39 is 0 Å². The topological polar surface area (TPSA) is 55.1 Å². The van der Waals surface area contributed by atoms with Crippen LogP contribution in [0.3, 0.4) is 0 Å². The molecule has 116 valence electrons. The summed E-state index contributed by atoms with van der Waals surface area (Å²) < 4.78 is 5.04. The Morgan fingerprint density at radius 1 is 0.875 bits per heavy atom. The van der Waals surface area contributed by atoms with Crippen LogP contribution in [0.25, 0.3) is 22.0 Å². The largest absolute Gasteiger partial charge is 0.363 e. The van der Waals surface area contributed by atoms with Gasteiger partial charge in [0.1, 0.15) is 17.5 Å². The molecule has 24 heavy (non-hydrogen) atoms. The number of aromatic nitrogens is 1. The molecule has 1 aromatic heterocycles. The van der Waals surface area contributed by atoms with Crippen molar-refractivity contribution >= 4 is 22.4 Å². The highest BCUT2D eigenvalue weighted by Crippen LogP contribution is 2.26. The first kappa shape index (κ1) is 14.2. The van der Waals surface area contributed by atoms with Crippen LogP contribution in [-0.2, 0) is 0 Å². The molecule has 4 heteroatoms. The Hall–Kier alpha value is -3.40. The zero-order chi connectivity index (χ0) is 16.4. The molecule has 0 saturated heterocycles. The molecule has 0 unspecified atom stereocenters. The van der Waals surface area contributed by atoms with Crippen molar-refractivity contribution in [1.29, 1.82) is 0 Å². The Morgan fingerprint density at radius 2 is 1.62 bits per heavy atom. The second-order valence-corrected chi connectivity index (χ2v) is 5.42. The van der Waals surface area contributed by atoms with E-state index in [1.807, 2.05) is 72.8 Å². The number of nitrogens with zero attached hydrogens (tertiary/aromatic N) is 1. The third-order valence-corrected chi connectivity index (χ3v) is 3.90. The maximum Gasteiger partial charge on any atom is 0.261 e. The number of carbonyl (C=O) groups is 1.